The normalized spacial score (nSPS) is 13.5. The standard InChI is InChI=1S/C21H23ClN6O.ClH/c1-14-10-15(2)12-18(11-14)24-20-25-19(23-17-5-3-4-16(22)13-17)26-21(27-20)28-6-8-29-9-7-28;/h3-5,10-13H,6-9H2,1-2H3,(H2,23,24,25,26,27);1H. The van der Waals surface area contributed by atoms with Crippen LogP contribution in [0.25, 0.3) is 0 Å². The molecule has 9 heteroatoms. The van der Waals surface area contributed by atoms with E-state index in [4.69, 9.17) is 16.3 Å². The van der Waals surface area contributed by atoms with Crippen molar-refractivity contribution in [3.05, 3.63) is 58.6 Å². The number of aryl methyl sites for hydroxylation is 2. The van der Waals surface area contributed by atoms with Crippen LogP contribution < -0.4 is 15.5 Å². The minimum Gasteiger partial charge on any atom is -0.378 e. The maximum Gasteiger partial charge on any atom is 0.233 e. The molecule has 0 atom stereocenters. The number of ether oxygens (including phenoxy) is 1. The summed E-state index contributed by atoms with van der Waals surface area (Å²) in [7, 11) is 0. The maximum atomic E-state index is 6.10. The smallest absolute Gasteiger partial charge is 0.233 e. The van der Waals surface area contributed by atoms with Gasteiger partial charge in [0.2, 0.25) is 17.8 Å². The van der Waals surface area contributed by atoms with Crippen LogP contribution in [0, 0.1) is 13.8 Å². The van der Waals surface area contributed by atoms with Crippen LogP contribution in [0.15, 0.2) is 42.5 Å². The number of benzene rings is 2. The van der Waals surface area contributed by atoms with Crippen LogP contribution in [-0.4, -0.2) is 41.3 Å². The highest BCUT2D eigenvalue weighted by atomic mass is 35.5. The molecule has 1 fully saturated rings. The van der Waals surface area contributed by atoms with Gasteiger partial charge in [-0.2, -0.15) is 15.0 Å². The predicted octanol–water partition coefficient (Wildman–Crippen LogP) is 4.89. The molecule has 0 unspecified atom stereocenters. The third-order valence-corrected chi connectivity index (χ3v) is 4.71. The van der Waals surface area contributed by atoms with Crippen LogP contribution in [0.3, 0.4) is 0 Å². The fraction of sp³-hybridized carbons (Fsp3) is 0.286. The van der Waals surface area contributed by atoms with Gasteiger partial charge in [-0.15, -0.1) is 12.4 Å². The number of rotatable bonds is 5. The first-order valence-electron chi connectivity index (χ1n) is 9.52. The van der Waals surface area contributed by atoms with E-state index in [1.165, 1.54) is 11.1 Å². The summed E-state index contributed by atoms with van der Waals surface area (Å²) < 4.78 is 5.45. The van der Waals surface area contributed by atoms with E-state index in [1.54, 1.807) is 0 Å². The number of anilines is 5. The van der Waals surface area contributed by atoms with E-state index in [-0.39, 0.29) is 12.4 Å². The number of hydrogen-bond acceptors (Lipinski definition) is 7. The molecule has 0 bridgehead atoms. The third kappa shape index (κ3) is 5.72. The van der Waals surface area contributed by atoms with Gasteiger partial charge in [0.1, 0.15) is 0 Å². The van der Waals surface area contributed by atoms with E-state index in [2.05, 4.69) is 62.5 Å². The van der Waals surface area contributed by atoms with Gasteiger partial charge in [-0.05, 0) is 55.3 Å². The van der Waals surface area contributed by atoms with E-state index in [9.17, 15) is 0 Å². The minimum atomic E-state index is 0. The van der Waals surface area contributed by atoms with Gasteiger partial charge in [0.05, 0.1) is 13.2 Å². The quantitative estimate of drug-likeness (QED) is 0.577. The molecule has 2 N–H and O–H groups in total. The SMILES string of the molecule is Cc1cc(C)cc(Nc2nc(Nc3cccc(Cl)c3)nc(N3CCOCC3)n2)c1.Cl. The molecule has 30 heavy (non-hydrogen) atoms. The predicted molar refractivity (Wildman–Crippen MR) is 124 cm³/mol. The van der Waals surface area contributed by atoms with E-state index in [0.717, 1.165) is 24.5 Å². The average Bonchev–Trinajstić information content (AvgIpc) is 2.68. The number of nitrogens with zero attached hydrogens (tertiary/aromatic N) is 4. The van der Waals surface area contributed by atoms with Gasteiger partial charge in [-0.1, -0.05) is 23.7 Å². The molecule has 7 nitrogen and oxygen atoms in total. The van der Waals surface area contributed by atoms with Crippen molar-refractivity contribution in [1.29, 1.82) is 0 Å². The van der Waals surface area contributed by atoms with Crippen LogP contribution in [0.5, 0.6) is 0 Å². The first kappa shape index (κ1) is 22.1. The molecular formula is C21H24Cl2N6O. The Morgan fingerprint density at radius 2 is 1.50 bits per heavy atom. The number of morpholine rings is 1. The summed E-state index contributed by atoms with van der Waals surface area (Å²) in [5, 5.41) is 7.19. The Labute approximate surface area is 187 Å². The first-order chi connectivity index (χ1) is 14.0. The highest BCUT2D eigenvalue weighted by Crippen LogP contribution is 2.23. The topological polar surface area (TPSA) is 75.2 Å². The van der Waals surface area contributed by atoms with Crippen molar-refractivity contribution in [2.24, 2.45) is 0 Å². The molecule has 4 rings (SSSR count). The highest BCUT2D eigenvalue weighted by Gasteiger charge is 2.17. The second kappa shape index (κ2) is 9.93. The third-order valence-electron chi connectivity index (χ3n) is 4.48. The molecule has 0 spiro atoms. The lowest BCUT2D eigenvalue weighted by molar-refractivity contribution is 0.122. The van der Waals surface area contributed by atoms with Gasteiger partial charge >= 0.3 is 0 Å². The molecule has 0 aliphatic carbocycles. The van der Waals surface area contributed by atoms with Crippen molar-refractivity contribution < 1.29 is 4.74 Å². The number of halogens is 2. The molecule has 0 saturated carbocycles. The molecule has 2 heterocycles. The van der Waals surface area contributed by atoms with E-state index in [1.807, 2.05) is 24.3 Å². The van der Waals surface area contributed by atoms with E-state index >= 15 is 0 Å². The summed E-state index contributed by atoms with van der Waals surface area (Å²) in [6.45, 7) is 6.92. The Morgan fingerprint density at radius 3 is 2.13 bits per heavy atom. The lowest BCUT2D eigenvalue weighted by Crippen LogP contribution is -2.37. The Kier molecular flexibility index (Phi) is 7.31. The van der Waals surface area contributed by atoms with Crippen molar-refractivity contribution in [2.45, 2.75) is 13.8 Å². The van der Waals surface area contributed by atoms with Crippen molar-refractivity contribution >= 4 is 53.2 Å². The molecule has 158 valence electrons. The van der Waals surface area contributed by atoms with Crippen molar-refractivity contribution in [1.82, 2.24) is 15.0 Å². The molecule has 1 aliphatic rings. The van der Waals surface area contributed by atoms with Crippen LogP contribution in [0.4, 0.5) is 29.2 Å². The largest absolute Gasteiger partial charge is 0.378 e. The van der Waals surface area contributed by atoms with Crippen LogP contribution in [-0.2, 0) is 4.74 Å². The molecule has 0 radical (unpaired) electrons. The van der Waals surface area contributed by atoms with Gasteiger partial charge in [-0.25, -0.2) is 0 Å². The summed E-state index contributed by atoms with van der Waals surface area (Å²) in [5.74, 6) is 1.55. The Hall–Kier alpha value is -2.61. The monoisotopic (exact) mass is 446 g/mol. The summed E-state index contributed by atoms with van der Waals surface area (Å²) in [5.41, 5.74) is 4.10. The molecule has 3 aromatic rings. The molecule has 1 aromatic heterocycles. The second-order valence-electron chi connectivity index (χ2n) is 7.02. The zero-order valence-electron chi connectivity index (χ0n) is 16.9. The fourth-order valence-electron chi connectivity index (χ4n) is 3.25. The van der Waals surface area contributed by atoms with Crippen LogP contribution >= 0.6 is 24.0 Å². The van der Waals surface area contributed by atoms with Gasteiger partial charge in [0, 0.05) is 29.5 Å². The molecular weight excluding hydrogens is 423 g/mol. The average molecular weight is 447 g/mol. The number of nitrogens with one attached hydrogen (secondary N) is 2. The van der Waals surface area contributed by atoms with Crippen molar-refractivity contribution in [3.63, 3.8) is 0 Å². The minimum absolute atomic E-state index is 0. The summed E-state index contributed by atoms with van der Waals surface area (Å²) in [6.07, 6.45) is 0. The fourth-order valence-corrected chi connectivity index (χ4v) is 3.44. The zero-order chi connectivity index (χ0) is 20.2. The van der Waals surface area contributed by atoms with Gasteiger partial charge < -0.3 is 20.3 Å². The summed E-state index contributed by atoms with van der Waals surface area (Å²) >= 11 is 6.10. The lowest BCUT2D eigenvalue weighted by atomic mass is 10.1. The van der Waals surface area contributed by atoms with Crippen molar-refractivity contribution in [3.8, 4) is 0 Å². The Bertz CT molecular complexity index is 990. The lowest BCUT2D eigenvalue weighted by Gasteiger charge is -2.27. The van der Waals surface area contributed by atoms with Crippen LogP contribution in [0.1, 0.15) is 11.1 Å². The van der Waals surface area contributed by atoms with Crippen LogP contribution in [0.2, 0.25) is 5.02 Å². The zero-order valence-corrected chi connectivity index (χ0v) is 18.4. The van der Waals surface area contributed by atoms with Crippen molar-refractivity contribution in [2.75, 3.05) is 41.8 Å². The van der Waals surface area contributed by atoms with Gasteiger partial charge in [0.15, 0.2) is 0 Å². The Morgan fingerprint density at radius 1 is 0.867 bits per heavy atom. The number of hydrogen-bond donors (Lipinski definition) is 2. The van der Waals surface area contributed by atoms with Gasteiger partial charge in [0.25, 0.3) is 0 Å². The molecule has 0 amide bonds. The van der Waals surface area contributed by atoms with E-state index in [0.29, 0.717) is 36.1 Å². The first-order valence-corrected chi connectivity index (χ1v) is 9.90. The maximum absolute atomic E-state index is 6.10. The summed E-state index contributed by atoms with van der Waals surface area (Å²) in [4.78, 5) is 15.9. The molecule has 1 saturated heterocycles. The highest BCUT2D eigenvalue weighted by molar-refractivity contribution is 6.30. The van der Waals surface area contributed by atoms with E-state index < -0.39 is 0 Å². The molecule has 1 aliphatic heterocycles. The second-order valence-corrected chi connectivity index (χ2v) is 7.46. The number of aromatic nitrogens is 3. The van der Waals surface area contributed by atoms with Gasteiger partial charge in [-0.3, -0.25) is 0 Å². The summed E-state index contributed by atoms with van der Waals surface area (Å²) in [6, 6.07) is 13.7. The Balaban J connectivity index is 0.00000256. The molecule has 2 aromatic carbocycles.